The first-order valence-electron chi connectivity index (χ1n) is 9.62. The highest BCUT2D eigenvalue weighted by Crippen LogP contribution is 2.30. The van der Waals surface area contributed by atoms with Gasteiger partial charge in [-0.3, -0.25) is 0 Å². The molecule has 3 rings (SSSR count). The summed E-state index contributed by atoms with van der Waals surface area (Å²) in [5, 5.41) is 2.14. The van der Waals surface area contributed by atoms with Gasteiger partial charge in [-0.25, -0.2) is 13.1 Å². The molecule has 0 aliphatic carbocycles. The average Bonchev–Trinajstić information content (AvgIpc) is 3.16. The van der Waals surface area contributed by atoms with Crippen molar-refractivity contribution in [3.05, 3.63) is 52.2 Å². The SMILES string of the molecule is CC(C)(C)c1ccc(S(=O)(=O)NCCN2CCC(c3cccs3)CC2)cc1. The minimum absolute atomic E-state index is 0.0188. The van der Waals surface area contributed by atoms with Gasteiger partial charge in [-0.2, -0.15) is 0 Å². The van der Waals surface area contributed by atoms with E-state index in [4.69, 9.17) is 0 Å². The van der Waals surface area contributed by atoms with Crippen molar-refractivity contribution in [2.24, 2.45) is 0 Å². The summed E-state index contributed by atoms with van der Waals surface area (Å²) in [4.78, 5) is 4.18. The third kappa shape index (κ3) is 5.41. The first-order valence-corrected chi connectivity index (χ1v) is 12.0. The fourth-order valence-corrected chi connectivity index (χ4v) is 5.44. The summed E-state index contributed by atoms with van der Waals surface area (Å²) >= 11 is 1.84. The zero-order valence-corrected chi connectivity index (χ0v) is 18.1. The molecule has 4 nitrogen and oxygen atoms in total. The number of rotatable bonds is 6. The van der Waals surface area contributed by atoms with Crippen LogP contribution in [0.4, 0.5) is 0 Å². The molecule has 148 valence electrons. The Kier molecular flexibility index (Phi) is 6.41. The van der Waals surface area contributed by atoms with Gasteiger partial charge >= 0.3 is 0 Å². The molecule has 6 heteroatoms. The topological polar surface area (TPSA) is 49.4 Å². The van der Waals surface area contributed by atoms with Gasteiger partial charge in [0.05, 0.1) is 4.90 Å². The summed E-state index contributed by atoms with van der Waals surface area (Å²) in [5.74, 6) is 0.666. The summed E-state index contributed by atoms with van der Waals surface area (Å²) in [6, 6.07) is 11.6. The average molecular weight is 407 g/mol. The maximum Gasteiger partial charge on any atom is 0.240 e. The van der Waals surface area contributed by atoms with Crippen LogP contribution in [0.5, 0.6) is 0 Å². The van der Waals surface area contributed by atoms with Crippen LogP contribution in [-0.2, 0) is 15.4 Å². The van der Waals surface area contributed by atoms with Crippen molar-refractivity contribution in [1.82, 2.24) is 9.62 Å². The number of likely N-dealkylation sites (tertiary alicyclic amines) is 1. The van der Waals surface area contributed by atoms with Crippen molar-refractivity contribution in [3.8, 4) is 0 Å². The molecule has 1 aliphatic heterocycles. The second-order valence-electron chi connectivity index (χ2n) is 8.30. The molecular weight excluding hydrogens is 376 g/mol. The number of hydrogen-bond donors (Lipinski definition) is 1. The molecule has 1 aromatic heterocycles. The van der Waals surface area contributed by atoms with E-state index < -0.39 is 10.0 Å². The molecule has 2 heterocycles. The Morgan fingerprint density at radius 2 is 1.78 bits per heavy atom. The van der Waals surface area contributed by atoms with E-state index in [1.807, 2.05) is 23.5 Å². The van der Waals surface area contributed by atoms with Crippen molar-refractivity contribution in [2.75, 3.05) is 26.2 Å². The standard InChI is InChI=1S/C21H30N2O2S2/c1-21(2,3)18-6-8-19(9-7-18)27(24,25)22-12-15-23-13-10-17(11-14-23)20-5-4-16-26-20/h4-9,16-17,22H,10-15H2,1-3H3. The number of nitrogens with zero attached hydrogens (tertiary/aromatic N) is 1. The number of hydrogen-bond acceptors (Lipinski definition) is 4. The van der Waals surface area contributed by atoms with Crippen molar-refractivity contribution in [1.29, 1.82) is 0 Å². The molecule has 2 aromatic rings. The molecule has 0 bridgehead atoms. The van der Waals surface area contributed by atoms with Crippen molar-refractivity contribution >= 4 is 21.4 Å². The number of sulfonamides is 1. The van der Waals surface area contributed by atoms with Gasteiger partial charge in [-0.1, -0.05) is 39.0 Å². The van der Waals surface area contributed by atoms with Crippen molar-refractivity contribution in [2.45, 2.75) is 49.8 Å². The Balaban J connectivity index is 1.47. The number of piperidine rings is 1. The highest BCUT2D eigenvalue weighted by Gasteiger charge is 2.22. The van der Waals surface area contributed by atoms with Gasteiger partial charge in [0.25, 0.3) is 0 Å². The maximum atomic E-state index is 12.5. The van der Waals surface area contributed by atoms with E-state index in [0.29, 0.717) is 17.4 Å². The Morgan fingerprint density at radius 1 is 1.11 bits per heavy atom. The van der Waals surface area contributed by atoms with Crippen LogP contribution in [0.2, 0.25) is 0 Å². The van der Waals surface area contributed by atoms with E-state index >= 15 is 0 Å². The molecule has 0 unspecified atom stereocenters. The molecular formula is C21H30N2O2S2. The summed E-state index contributed by atoms with van der Waals surface area (Å²) in [5.41, 5.74) is 1.15. The van der Waals surface area contributed by atoms with Crippen molar-refractivity contribution < 1.29 is 8.42 Å². The van der Waals surface area contributed by atoms with Gasteiger partial charge in [0.15, 0.2) is 0 Å². The highest BCUT2D eigenvalue weighted by atomic mass is 32.2. The van der Waals surface area contributed by atoms with E-state index in [-0.39, 0.29) is 5.41 Å². The Morgan fingerprint density at radius 3 is 2.33 bits per heavy atom. The van der Waals surface area contributed by atoms with Crippen LogP contribution >= 0.6 is 11.3 Å². The summed E-state index contributed by atoms with van der Waals surface area (Å²) < 4.78 is 27.8. The first-order chi connectivity index (χ1) is 12.8. The number of thiophene rings is 1. The van der Waals surface area contributed by atoms with Crippen LogP contribution in [0.15, 0.2) is 46.7 Å². The molecule has 27 heavy (non-hydrogen) atoms. The third-order valence-electron chi connectivity index (χ3n) is 5.28. The minimum Gasteiger partial charge on any atom is -0.302 e. The predicted octanol–water partition coefficient (Wildman–Crippen LogP) is 4.20. The van der Waals surface area contributed by atoms with Gasteiger partial charge in [0, 0.05) is 18.0 Å². The maximum absolute atomic E-state index is 12.5. The third-order valence-corrected chi connectivity index (χ3v) is 7.80. The number of nitrogens with one attached hydrogen (secondary N) is 1. The molecule has 1 saturated heterocycles. The summed E-state index contributed by atoms with van der Waals surface area (Å²) in [7, 11) is -3.44. The lowest BCUT2D eigenvalue weighted by Gasteiger charge is -2.31. The Labute approximate surface area is 167 Å². The highest BCUT2D eigenvalue weighted by molar-refractivity contribution is 7.89. The quantitative estimate of drug-likeness (QED) is 0.782. The fourth-order valence-electron chi connectivity index (χ4n) is 3.52. The van der Waals surface area contributed by atoms with E-state index in [2.05, 4.69) is 47.9 Å². The molecule has 1 aliphatic rings. The largest absolute Gasteiger partial charge is 0.302 e. The van der Waals surface area contributed by atoms with Crippen LogP contribution in [0.1, 0.15) is 50.0 Å². The summed E-state index contributed by atoms with van der Waals surface area (Å²) in [6.45, 7) is 9.64. The van der Waals surface area contributed by atoms with E-state index in [1.54, 1.807) is 12.1 Å². The van der Waals surface area contributed by atoms with Crippen LogP contribution in [0, 0.1) is 0 Å². The minimum atomic E-state index is -3.44. The molecule has 1 aromatic carbocycles. The van der Waals surface area contributed by atoms with E-state index in [1.165, 1.54) is 4.88 Å². The second kappa shape index (κ2) is 8.43. The van der Waals surface area contributed by atoms with Crippen molar-refractivity contribution in [3.63, 3.8) is 0 Å². The predicted molar refractivity (Wildman–Crippen MR) is 113 cm³/mol. The Hall–Kier alpha value is -1.21. The van der Waals surface area contributed by atoms with Crippen LogP contribution in [-0.4, -0.2) is 39.5 Å². The fraction of sp³-hybridized carbons (Fsp3) is 0.524. The molecule has 1 fully saturated rings. The lowest BCUT2D eigenvalue weighted by Crippen LogP contribution is -2.39. The molecule has 0 spiro atoms. The van der Waals surface area contributed by atoms with E-state index in [9.17, 15) is 8.42 Å². The lowest BCUT2D eigenvalue weighted by atomic mass is 9.87. The molecule has 0 atom stereocenters. The van der Waals surface area contributed by atoms with Gasteiger partial charge < -0.3 is 4.90 Å². The first kappa shape index (κ1) is 20.5. The zero-order chi connectivity index (χ0) is 19.5. The molecule has 0 amide bonds. The molecule has 0 saturated carbocycles. The monoisotopic (exact) mass is 406 g/mol. The van der Waals surface area contributed by atoms with Crippen LogP contribution in [0.3, 0.4) is 0 Å². The second-order valence-corrected chi connectivity index (χ2v) is 11.0. The van der Waals surface area contributed by atoms with Gasteiger partial charge in [-0.15, -0.1) is 11.3 Å². The lowest BCUT2D eigenvalue weighted by molar-refractivity contribution is 0.217. The number of benzene rings is 1. The normalized spacial score (nSPS) is 17.3. The van der Waals surface area contributed by atoms with Crippen LogP contribution < -0.4 is 4.72 Å². The summed E-state index contributed by atoms with van der Waals surface area (Å²) in [6.07, 6.45) is 2.31. The van der Waals surface area contributed by atoms with Gasteiger partial charge in [0.1, 0.15) is 0 Å². The van der Waals surface area contributed by atoms with E-state index in [0.717, 1.165) is 38.0 Å². The molecule has 0 radical (unpaired) electrons. The van der Waals surface area contributed by atoms with Gasteiger partial charge in [0.2, 0.25) is 10.0 Å². The van der Waals surface area contributed by atoms with Crippen LogP contribution in [0.25, 0.3) is 0 Å². The van der Waals surface area contributed by atoms with Gasteiger partial charge in [-0.05, 0) is 66.4 Å². The smallest absolute Gasteiger partial charge is 0.240 e. The Bertz CT molecular complexity index is 814. The zero-order valence-electron chi connectivity index (χ0n) is 16.4. The molecule has 1 N–H and O–H groups in total.